The summed E-state index contributed by atoms with van der Waals surface area (Å²) in [6.45, 7) is 8.66. The molecule has 0 saturated heterocycles. The number of phenols is 1. The molecule has 1 aromatic rings. The maximum Gasteiger partial charge on any atom is 0.119 e. The smallest absolute Gasteiger partial charge is 0.119 e. The van der Waals surface area contributed by atoms with Crippen molar-refractivity contribution in [1.82, 2.24) is 0 Å². The highest BCUT2D eigenvalue weighted by Gasteiger charge is 2.18. The van der Waals surface area contributed by atoms with E-state index in [2.05, 4.69) is 49.7 Å². The zero-order valence-electron chi connectivity index (χ0n) is 9.89. The van der Waals surface area contributed by atoms with Gasteiger partial charge in [-0.15, -0.1) is 0 Å². The lowest BCUT2D eigenvalue weighted by Crippen LogP contribution is -2.12. The van der Waals surface area contributed by atoms with Crippen LogP contribution in [0, 0.1) is 0 Å². The van der Waals surface area contributed by atoms with Crippen molar-refractivity contribution >= 4 is 15.9 Å². The number of aromatic hydroxyl groups is 1. The van der Waals surface area contributed by atoms with Crippen molar-refractivity contribution in [3.8, 4) is 5.75 Å². The van der Waals surface area contributed by atoms with E-state index in [0.717, 1.165) is 22.9 Å². The molecule has 15 heavy (non-hydrogen) atoms. The summed E-state index contributed by atoms with van der Waals surface area (Å²) in [5.41, 5.74) is 2.41. The third kappa shape index (κ3) is 2.97. The van der Waals surface area contributed by atoms with E-state index >= 15 is 0 Å². The molecular formula is C13H19BrO. The van der Waals surface area contributed by atoms with Gasteiger partial charge in [-0.05, 0) is 29.0 Å². The zero-order chi connectivity index (χ0) is 11.6. The third-order valence-corrected chi connectivity index (χ3v) is 3.15. The number of hydrogen-bond acceptors (Lipinski definition) is 1. The fourth-order valence-corrected chi connectivity index (χ4v) is 2.58. The highest BCUT2D eigenvalue weighted by molar-refractivity contribution is 9.10. The van der Waals surface area contributed by atoms with E-state index in [4.69, 9.17) is 0 Å². The first-order valence-corrected chi connectivity index (χ1v) is 6.17. The molecule has 1 nitrogen and oxygen atoms in total. The predicted molar refractivity (Wildman–Crippen MR) is 68.5 cm³/mol. The average Bonchev–Trinajstić information content (AvgIpc) is 2.07. The molecule has 2 heteroatoms. The molecule has 1 N–H and O–H groups in total. The van der Waals surface area contributed by atoms with E-state index in [0.29, 0.717) is 5.75 Å². The molecule has 0 amide bonds. The highest BCUT2D eigenvalue weighted by atomic mass is 79.9. The topological polar surface area (TPSA) is 20.2 Å². The Morgan fingerprint density at radius 1 is 1.27 bits per heavy atom. The van der Waals surface area contributed by atoms with Crippen LogP contribution in [0.3, 0.4) is 0 Å². The average molecular weight is 271 g/mol. The van der Waals surface area contributed by atoms with Crippen LogP contribution in [0.1, 0.15) is 45.2 Å². The van der Waals surface area contributed by atoms with Crippen molar-refractivity contribution in [2.24, 2.45) is 0 Å². The van der Waals surface area contributed by atoms with Crippen molar-refractivity contribution in [2.45, 2.75) is 46.0 Å². The SMILES string of the molecule is CCCc1cc(C(C)(C)C)c(Br)cc1O. The molecular weight excluding hydrogens is 252 g/mol. The summed E-state index contributed by atoms with van der Waals surface area (Å²) in [4.78, 5) is 0. The van der Waals surface area contributed by atoms with Crippen molar-refractivity contribution < 1.29 is 5.11 Å². The summed E-state index contributed by atoms with van der Waals surface area (Å²) in [5.74, 6) is 0.400. The number of halogens is 1. The number of rotatable bonds is 2. The Balaban J connectivity index is 3.23. The molecule has 0 radical (unpaired) electrons. The summed E-state index contributed by atoms with van der Waals surface area (Å²) < 4.78 is 0.993. The summed E-state index contributed by atoms with van der Waals surface area (Å²) in [6, 6.07) is 3.93. The summed E-state index contributed by atoms with van der Waals surface area (Å²) in [7, 11) is 0. The van der Waals surface area contributed by atoms with Crippen LogP contribution in [-0.2, 0) is 11.8 Å². The predicted octanol–water partition coefficient (Wildman–Crippen LogP) is 4.40. The van der Waals surface area contributed by atoms with Gasteiger partial charge in [-0.25, -0.2) is 0 Å². The molecule has 0 aromatic heterocycles. The molecule has 1 rings (SSSR count). The third-order valence-electron chi connectivity index (χ3n) is 2.50. The summed E-state index contributed by atoms with van der Waals surface area (Å²) >= 11 is 3.51. The quantitative estimate of drug-likeness (QED) is 0.845. The van der Waals surface area contributed by atoms with Crippen LogP contribution in [0.25, 0.3) is 0 Å². The van der Waals surface area contributed by atoms with Gasteiger partial charge in [0.25, 0.3) is 0 Å². The van der Waals surface area contributed by atoms with Gasteiger partial charge in [-0.3, -0.25) is 0 Å². The first-order valence-electron chi connectivity index (χ1n) is 5.38. The Kier molecular flexibility index (Phi) is 3.82. The van der Waals surface area contributed by atoms with E-state index < -0.39 is 0 Å². The van der Waals surface area contributed by atoms with Crippen LogP contribution in [0.4, 0.5) is 0 Å². The van der Waals surface area contributed by atoms with E-state index in [-0.39, 0.29) is 5.41 Å². The minimum absolute atomic E-state index is 0.106. The minimum Gasteiger partial charge on any atom is -0.508 e. The van der Waals surface area contributed by atoms with Gasteiger partial charge in [0.2, 0.25) is 0 Å². The van der Waals surface area contributed by atoms with Gasteiger partial charge in [-0.1, -0.05) is 56.1 Å². The largest absolute Gasteiger partial charge is 0.508 e. The zero-order valence-corrected chi connectivity index (χ0v) is 11.5. The molecule has 0 fully saturated rings. The van der Waals surface area contributed by atoms with E-state index in [1.807, 2.05) is 6.07 Å². The number of benzene rings is 1. The van der Waals surface area contributed by atoms with Gasteiger partial charge in [0, 0.05) is 4.47 Å². The molecule has 1 aromatic carbocycles. The Bertz CT molecular complexity index is 350. The van der Waals surface area contributed by atoms with E-state index in [9.17, 15) is 5.11 Å². The Labute approximate surface area is 101 Å². The molecule has 0 aliphatic heterocycles. The van der Waals surface area contributed by atoms with E-state index in [1.165, 1.54) is 5.56 Å². The van der Waals surface area contributed by atoms with Crippen molar-refractivity contribution in [2.75, 3.05) is 0 Å². The first kappa shape index (κ1) is 12.6. The summed E-state index contributed by atoms with van der Waals surface area (Å²) in [6.07, 6.45) is 1.99. The van der Waals surface area contributed by atoms with Gasteiger partial charge >= 0.3 is 0 Å². The molecule has 0 aliphatic carbocycles. The number of hydrogen-bond donors (Lipinski definition) is 1. The van der Waals surface area contributed by atoms with Crippen LogP contribution in [-0.4, -0.2) is 5.11 Å². The second-order valence-corrected chi connectivity index (χ2v) is 5.82. The van der Waals surface area contributed by atoms with Gasteiger partial charge in [0.1, 0.15) is 5.75 Å². The molecule has 0 saturated carbocycles. The maximum atomic E-state index is 9.78. The lowest BCUT2D eigenvalue weighted by Gasteiger charge is -2.22. The van der Waals surface area contributed by atoms with E-state index in [1.54, 1.807) is 0 Å². The molecule has 0 spiro atoms. The van der Waals surface area contributed by atoms with Crippen LogP contribution < -0.4 is 0 Å². The fraction of sp³-hybridized carbons (Fsp3) is 0.538. The number of phenolic OH excluding ortho intramolecular Hbond substituents is 1. The van der Waals surface area contributed by atoms with Gasteiger partial charge in [0.05, 0.1) is 0 Å². The summed E-state index contributed by atoms with van der Waals surface area (Å²) in [5, 5.41) is 9.78. The van der Waals surface area contributed by atoms with Crippen LogP contribution in [0.2, 0.25) is 0 Å². The Morgan fingerprint density at radius 3 is 2.33 bits per heavy atom. The lowest BCUT2D eigenvalue weighted by atomic mass is 9.85. The molecule has 0 atom stereocenters. The fourth-order valence-electron chi connectivity index (χ4n) is 1.65. The molecule has 0 bridgehead atoms. The van der Waals surface area contributed by atoms with Crippen LogP contribution in [0.5, 0.6) is 5.75 Å². The highest BCUT2D eigenvalue weighted by Crippen LogP contribution is 2.34. The maximum absolute atomic E-state index is 9.78. The molecule has 84 valence electrons. The monoisotopic (exact) mass is 270 g/mol. The van der Waals surface area contributed by atoms with Crippen LogP contribution >= 0.6 is 15.9 Å². The second-order valence-electron chi connectivity index (χ2n) is 4.96. The van der Waals surface area contributed by atoms with Gasteiger partial charge in [0.15, 0.2) is 0 Å². The van der Waals surface area contributed by atoms with Gasteiger partial charge < -0.3 is 5.11 Å². The van der Waals surface area contributed by atoms with Gasteiger partial charge in [-0.2, -0.15) is 0 Å². The minimum atomic E-state index is 0.106. The van der Waals surface area contributed by atoms with Crippen molar-refractivity contribution in [3.05, 3.63) is 27.7 Å². The van der Waals surface area contributed by atoms with Crippen molar-refractivity contribution in [1.29, 1.82) is 0 Å². The number of aryl methyl sites for hydroxylation is 1. The normalized spacial score (nSPS) is 11.8. The standard InChI is InChI=1S/C13H19BrO/c1-5-6-9-7-10(13(2,3)4)11(14)8-12(9)15/h7-8,15H,5-6H2,1-4H3. The Hall–Kier alpha value is -0.500. The molecule has 0 aliphatic rings. The molecule has 0 heterocycles. The second kappa shape index (κ2) is 4.56. The lowest BCUT2D eigenvalue weighted by molar-refractivity contribution is 0.465. The Morgan fingerprint density at radius 2 is 1.87 bits per heavy atom. The van der Waals surface area contributed by atoms with Crippen LogP contribution in [0.15, 0.2) is 16.6 Å². The van der Waals surface area contributed by atoms with Crippen molar-refractivity contribution in [3.63, 3.8) is 0 Å². The molecule has 0 unspecified atom stereocenters. The first-order chi connectivity index (χ1) is 6.86.